The van der Waals surface area contributed by atoms with Gasteiger partial charge in [0.05, 0.1) is 6.61 Å². The van der Waals surface area contributed by atoms with Gasteiger partial charge >= 0.3 is 6.18 Å². The predicted molar refractivity (Wildman–Crippen MR) is 125 cm³/mol. The number of fused-ring (bicyclic) bond motifs is 3. The molecule has 0 spiro atoms. The fourth-order valence-corrected chi connectivity index (χ4v) is 4.50. The molecule has 1 aliphatic rings. The van der Waals surface area contributed by atoms with Crippen LogP contribution in [-0.4, -0.2) is 39.6 Å². The molecule has 3 N–H and O–H groups in total. The number of alkyl halides is 3. The summed E-state index contributed by atoms with van der Waals surface area (Å²) in [7, 11) is 0. The van der Waals surface area contributed by atoms with Crippen molar-refractivity contribution in [2.45, 2.75) is 31.5 Å². The minimum absolute atomic E-state index is 0.00104. The van der Waals surface area contributed by atoms with E-state index in [1.54, 1.807) is 36.4 Å². The van der Waals surface area contributed by atoms with Crippen molar-refractivity contribution < 1.29 is 37.2 Å². The number of aliphatic hydroxyl groups is 2. The molecule has 0 saturated heterocycles. The van der Waals surface area contributed by atoms with Crippen molar-refractivity contribution in [3.05, 3.63) is 70.8 Å². The van der Waals surface area contributed by atoms with E-state index in [1.165, 1.54) is 19.1 Å². The van der Waals surface area contributed by atoms with Gasteiger partial charge in [-0.25, -0.2) is 0 Å². The first-order valence-electron chi connectivity index (χ1n) is 11.5. The Morgan fingerprint density at radius 1 is 1.03 bits per heavy atom. The summed E-state index contributed by atoms with van der Waals surface area (Å²) in [4.78, 5) is 12.4. The van der Waals surface area contributed by atoms with E-state index in [2.05, 4.69) is 15.6 Å². The number of nitrogens with zero attached hydrogens (tertiary/aromatic N) is 2. The Hall–Kier alpha value is -3.96. The van der Waals surface area contributed by atoms with Gasteiger partial charge in [0.15, 0.2) is 22.8 Å². The first kappa shape index (κ1) is 24.7. The zero-order valence-corrected chi connectivity index (χ0v) is 19.6. The van der Waals surface area contributed by atoms with Gasteiger partial charge in [0.2, 0.25) is 0 Å². The number of aryl methyl sites for hydroxylation is 1. The molecule has 0 radical (unpaired) electrons. The number of hydrogen-bond donors (Lipinski definition) is 3. The second-order valence-electron chi connectivity index (χ2n) is 8.86. The summed E-state index contributed by atoms with van der Waals surface area (Å²) in [6, 6.07) is 12.8. The van der Waals surface area contributed by atoms with Crippen molar-refractivity contribution in [1.82, 2.24) is 15.6 Å². The number of nitrogens with one attached hydrogen (secondary N) is 1. The number of carbonyl (C=O) groups excluding carboxylic acids is 1. The van der Waals surface area contributed by atoms with Gasteiger partial charge in [0, 0.05) is 23.2 Å². The molecule has 37 heavy (non-hydrogen) atoms. The van der Waals surface area contributed by atoms with Crippen molar-refractivity contribution >= 4 is 5.91 Å². The lowest BCUT2D eigenvalue weighted by Gasteiger charge is -2.25. The van der Waals surface area contributed by atoms with Crippen LogP contribution in [0.15, 0.2) is 57.6 Å². The lowest BCUT2D eigenvalue weighted by molar-refractivity contribution is -0.139. The van der Waals surface area contributed by atoms with Crippen molar-refractivity contribution in [3.8, 4) is 34.0 Å². The minimum atomic E-state index is -4.76. The Morgan fingerprint density at radius 2 is 1.73 bits per heavy atom. The fraction of sp³-hybridized carbons (Fsp3) is 0.269. The molecule has 0 fully saturated rings. The van der Waals surface area contributed by atoms with Crippen LogP contribution in [0.3, 0.4) is 0 Å². The van der Waals surface area contributed by atoms with Crippen LogP contribution < -0.4 is 5.32 Å². The lowest BCUT2D eigenvalue weighted by atomic mass is 9.84. The highest BCUT2D eigenvalue weighted by Crippen LogP contribution is 2.46. The van der Waals surface area contributed by atoms with E-state index in [4.69, 9.17) is 14.2 Å². The van der Waals surface area contributed by atoms with Crippen molar-refractivity contribution in [2.24, 2.45) is 0 Å². The maximum atomic E-state index is 14.2. The van der Waals surface area contributed by atoms with E-state index in [-0.39, 0.29) is 24.5 Å². The Bertz CT molecular complexity index is 1460. The summed E-state index contributed by atoms with van der Waals surface area (Å²) in [6.07, 6.45) is -4.05. The highest BCUT2D eigenvalue weighted by Gasteiger charge is 2.43. The molecule has 1 unspecified atom stereocenters. The third kappa shape index (κ3) is 4.30. The van der Waals surface area contributed by atoms with Crippen LogP contribution in [0.25, 0.3) is 34.0 Å². The highest BCUT2D eigenvalue weighted by atomic mass is 19.4. The molecule has 4 aromatic rings. The predicted octanol–water partition coefficient (Wildman–Crippen LogP) is 4.10. The van der Waals surface area contributed by atoms with Crippen molar-refractivity contribution in [1.29, 1.82) is 0 Å². The van der Waals surface area contributed by atoms with Gasteiger partial charge in [0.25, 0.3) is 5.91 Å². The molecule has 0 aliphatic heterocycles. The van der Waals surface area contributed by atoms with E-state index in [9.17, 15) is 23.1 Å². The van der Waals surface area contributed by atoms with E-state index >= 15 is 0 Å². The van der Waals surface area contributed by atoms with Gasteiger partial charge in [-0.1, -0.05) is 58.8 Å². The van der Waals surface area contributed by atoms with Gasteiger partial charge in [-0.15, -0.1) is 0 Å². The molecule has 0 bridgehead atoms. The van der Waals surface area contributed by atoms with Gasteiger partial charge in [0.1, 0.15) is 11.3 Å². The van der Waals surface area contributed by atoms with Crippen LogP contribution in [0.5, 0.6) is 0 Å². The second kappa shape index (κ2) is 9.16. The number of benzene rings is 2. The van der Waals surface area contributed by atoms with Crippen molar-refractivity contribution in [3.63, 3.8) is 0 Å². The van der Waals surface area contributed by atoms with E-state index in [1.807, 2.05) is 0 Å². The monoisotopic (exact) mass is 513 g/mol. The topological polar surface area (TPSA) is 122 Å². The molecule has 2 aromatic carbocycles. The lowest BCUT2D eigenvalue weighted by Crippen LogP contribution is -2.43. The largest absolute Gasteiger partial charge is 0.422 e. The number of amides is 1. The average Bonchev–Trinajstić information content (AvgIpc) is 3.52. The molecule has 8 nitrogen and oxygen atoms in total. The van der Waals surface area contributed by atoms with Gasteiger partial charge in [-0.2, -0.15) is 13.2 Å². The minimum Gasteiger partial charge on any atom is -0.395 e. The number of hydrogen-bond acceptors (Lipinski definition) is 7. The zero-order chi connectivity index (χ0) is 26.4. The van der Waals surface area contributed by atoms with Gasteiger partial charge < -0.3 is 24.6 Å². The SMILES string of the molecule is CC(O)(C(=O)NCCO)c1ccc2c(c1)CCc1c-2noc1-c1noc(-c2ccccc2)c1C(F)(F)F. The summed E-state index contributed by atoms with van der Waals surface area (Å²) in [5.41, 5.74) is -0.598. The number of rotatable bonds is 6. The zero-order valence-electron chi connectivity index (χ0n) is 19.6. The van der Waals surface area contributed by atoms with Crippen LogP contribution >= 0.6 is 0 Å². The summed E-state index contributed by atoms with van der Waals surface area (Å²) < 4.78 is 53.0. The summed E-state index contributed by atoms with van der Waals surface area (Å²) in [5.74, 6) is -1.18. The summed E-state index contributed by atoms with van der Waals surface area (Å²) in [6.45, 7) is 1.08. The Kier molecular flexibility index (Phi) is 6.12. The van der Waals surface area contributed by atoms with Gasteiger partial charge in [-0.05, 0) is 30.9 Å². The number of carbonyl (C=O) groups is 1. The molecule has 192 valence electrons. The molecule has 2 aromatic heterocycles. The molecule has 0 saturated carbocycles. The number of halogens is 3. The quantitative estimate of drug-likeness (QED) is 0.355. The molecule has 1 amide bonds. The standard InChI is InChI=1S/C26H22F3N3O5/c1-25(35,24(34)30-11-12-33)16-8-10-17-15(13-16)7-9-18-20(17)31-37-23(18)21-19(26(27,28)29)22(36-32-21)14-5-3-2-4-6-14/h2-6,8,10,13,33,35H,7,9,11-12H2,1H3,(H,30,34). The number of aliphatic hydroxyl groups excluding tert-OH is 1. The average molecular weight is 513 g/mol. The summed E-state index contributed by atoms with van der Waals surface area (Å²) in [5, 5.41) is 29.9. The van der Waals surface area contributed by atoms with Crippen LogP contribution in [0.2, 0.25) is 0 Å². The third-order valence-electron chi connectivity index (χ3n) is 6.42. The molecule has 1 aliphatic carbocycles. The Morgan fingerprint density at radius 3 is 2.43 bits per heavy atom. The first-order chi connectivity index (χ1) is 17.6. The third-order valence-corrected chi connectivity index (χ3v) is 6.42. The second-order valence-corrected chi connectivity index (χ2v) is 8.86. The maximum Gasteiger partial charge on any atom is 0.422 e. The van der Waals surface area contributed by atoms with E-state index in [0.717, 1.165) is 5.56 Å². The normalized spacial score (nSPS) is 14.5. The Balaban J connectivity index is 1.55. The van der Waals surface area contributed by atoms with E-state index < -0.39 is 34.7 Å². The summed E-state index contributed by atoms with van der Waals surface area (Å²) >= 11 is 0. The molecule has 2 heterocycles. The number of aromatic nitrogens is 2. The van der Waals surface area contributed by atoms with Crippen LogP contribution in [0.1, 0.15) is 29.2 Å². The van der Waals surface area contributed by atoms with Crippen LogP contribution in [0, 0.1) is 0 Å². The molecule has 1 atom stereocenters. The van der Waals surface area contributed by atoms with Crippen LogP contribution in [0.4, 0.5) is 13.2 Å². The van der Waals surface area contributed by atoms with E-state index in [0.29, 0.717) is 35.2 Å². The fourth-order valence-electron chi connectivity index (χ4n) is 4.50. The molecular formula is C26H22F3N3O5. The highest BCUT2D eigenvalue weighted by molar-refractivity contribution is 5.86. The van der Waals surface area contributed by atoms with Gasteiger partial charge in [-0.3, -0.25) is 4.79 Å². The first-order valence-corrected chi connectivity index (χ1v) is 11.5. The Labute approximate surface area is 208 Å². The molecule has 11 heteroatoms. The molecular weight excluding hydrogens is 491 g/mol. The van der Waals surface area contributed by atoms with Crippen LogP contribution in [-0.2, 0) is 29.4 Å². The smallest absolute Gasteiger partial charge is 0.395 e. The maximum absolute atomic E-state index is 14.2. The molecule has 5 rings (SSSR count). The van der Waals surface area contributed by atoms with Crippen molar-refractivity contribution in [2.75, 3.05) is 13.2 Å².